The number of anilines is 3. The van der Waals surface area contributed by atoms with Gasteiger partial charge in [-0.1, -0.05) is 11.6 Å². The molecule has 7 heteroatoms. The predicted molar refractivity (Wildman–Crippen MR) is 72.8 cm³/mol. The summed E-state index contributed by atoms with van der Waals surface area (Å²) in [5, 5.41) is 5.90. The fraction of sp³-hybridized carbons (Fsp3) is 0.167. The minimum atomic E-state index is -0.506. The molecular weight excluding hydrogens is 271 g/mol. The molecule has 2 rings (SSSR count). The maximum absolute atomic E-state index is 13.4. The highest BCUT2D eigenvalue weighted by molar-refractivity contribution is 6.30. The average molecular weight is 283 g/mol. The fourth-order valence-electron chi connectivity index (χ4n) is 1.54. The number of halogens is 2. The van der Waals surface area contributed by atoms with Crippen LogP contribution in [0.5, 0.6) is 5.75 Å². The fourth-order valence-corrected chi connectivity index (χ4v) is 1.66. The van der Waals surface area contributed by atoms with Crippen molar-refractivity contribution in [2.24, 2.45) is 0 Å². The smallest absolute Gasteiger partial charge is 0.204 e. The summed E-state index contributed by atoms with van der Waals surface area (Å²) in [6, 6.07) is 4.39. The standard InChI is InChI=1S/C12H12ClFN4O/c1-15-11-10(19-2)12(17-6-16-11)18-7-3-4-8(13)9(14)5-7/h3-6H,1-2H3,(H2,15,16,17,18). The van der Waals surface area contributed by atoms with Crippen molar-refractivity contribution in [1.82, 2.24) is 9.97 Å². The first-order valence-electron chi connectivity index (χ1n) is 5.44. The van der Waals surface area contributed by atoms with Crippen LogP contribution in [-0.2, 0) is 0 Å². The molecule has 0 aliphatic carbocycles. The van der Waals surface area contributed by atoms with E-state index in [4.69, 9.17) is 16.3 Å². The summed E-state index contributed by atoms with van der Waals surface area (Å²) < 4.78 is 18.6. The number of nitrogens with zero attached hydrogens (tertiary/aromatic N) is 2. The van der Waals surface area contributed by atoms with Crippen molar-refractivity contribution in [2.75, 3.05) is 24.8 Å². The molecule has 0 saturated heterocycles. The van der Waals surface area contributed by atoms with Crippen molar-refractivity contribution < 1.29 is 9.13 Å². The lowest BCUT2D eigenvalue weighted by Crippen LogP contribution is -2.03. The predicted octanol–water partition coefficient (Wildman–Crippen LogP) is 3.06. The van der Waals surface area contributed by atoms with Gasteiger partial charge in [-0.3, -0.25) is 0 Å². The Morgan fingerprint density at radius 3 is 2.63 bits per heavy atom. The van der Waals surface area contributed by atoms with E-state index >= 15 is 0 Å². The summed E-state index contributed by atoms with van der Waals surface area (Å²) in [6.07, 6.45) is 1.38. The molecule has 0 radical (unpaired) electrons. The second-order valence-electron chi connectivity index (χ2n) is 3.61. The summed E-state index contributed by atoms with van der Waals surface area (Å²) >= 11 is 5.63. The van der Waals surface area contributed by atoms with Crippen LogP contribution in [0.1, 0.15) is 0 Å². The molecule has 100 valence electrons. The zero-order valence-electron chi connectivity index (χ0n) is 10.4. The first-order chi connectivity index (χ1) is 9.15. The second-order valence-corrected chi connectivity index (χ2v) is 4.02. The molecule has 1 aromatic heterocycles. The Bertz CT molecular complexity index is 594. The Kier molecular flexibility index (Phi) is 4.01. The quantitative estimate of drug-likeness (QED) is 0.902. The van der Waals surface area contributed by atoms with Gasteiger partial charge in [0, 0.05) is 12.7 Å². The second kappa shape index (κ2) is 5.71. The Morgan fingerprint density at radius 2 is 2.00 bits per heavy atom. The molecule has 0 bridgehead atoms. The Balaban J connectivity index is 2.35. The van der Waals surface area contributed by atoms with Crippen molar-refractivity contribution in [3.8, 4) is 5.75 Å². The molecule has 2 N–H and O–H groups in total. The third-order valence-corrected chi connectivity index (χ3v) is 2.73. The van der Waals surface area contributed by atoms with E-state index in [9.17, 15) is 4.39 Å². The first-order valence-corrected chi connectivity index (χ1v) is 5.82. The highest BCUT2D eigenvalue weighted by Crippen LogP contribution is 2.31. The molecule has 0 saturated carbocycles. The highest BCUT2D eigenvalue weighted by atomic mass is 35.5. The zero-order chi connectivity index (χ0) is 13.8. The van der Waals surface area contributed by atoms with Crippen LogP contribution in [0.3, 0.4) is 0 Å². The normalized spacial score (nSPS) is 10.1. The zero-order valence-corrected chi connectivity index (χ0v) is 11.1. The maximum Gasteiger partial charge on any atom is 0.204 e. The summed E-state index contributed by atoms with van der Waals surface area (Å²) in [7, 11) is 3.23. The van der Waals surface area contributed by atoms with Gasteiger partial charge in [-0.2, -0.15) is 0 Å². The van der Waals surface area contributed by atoms with Gasteiger partial charge in [0.05, 0.1) is 12.1 Å². The van der Waals surface area contributed by atoms with E-state index in [2.05, 4.69) is 20.6 Å². The molecule has 1 aromatic carbocycles. The molecule has 0 unspecified atom stereocenters. The van der Waals surface area contributed by atoms with Crippen LogP contribution in [0.2, 0.25) is 5.02 Å². The van der Waals surface area contributed by atoms with Crippen molar-refractivity contribution in [2.45, 2.75) is 0 Å². The van der Waals surface area contributed by atoms with Gasteiger partial charge in [-0.15, -0.1) is 0 Å². The number of hydrogen-bond donors (Lipinski definition) is 2. The van der Waals surface area contributed by atoms with Crippen LogP contribution >= 0.6 is 11.6 Å². The van der Waals surface area contributed by atoms with Gasteiger partial charge in [-0.25, -0.2) is 14.4 Å². The van der Waals surface area contributed by atoms with E-state index in [1.54, 1.807) is 13.1 Å². The molecule has 0 spiro atoms. The lowest BCUT2D eigenvalue weighted by Gasteiger charge is -2.12. The molecule has 5 nitrogen and oxygen atoms in total. The van der Waals surface area contributed by atoms with Gasteiger partial charge in [0.25, 0.3) is 0 Å². The number of benzene rings is 1. The van der Waals surface area contributed by atoms with E-state index < -0.39 is 5.82 Å². The molecule has 19 heavy (non-hydrogen) atoms. The Labute approximate surface area is 114 Å². The molecule has 1 heterocycles. The summed E-state index contributed by atoms with van der Waals surface area (Å²) in [6.45, 7) is 0. The van der Waals surface area contributed by atoms with E-state index in [1.165, 1.54) is 25.6 Å². The van der Waals surface area contributed by atoms with Gasteiger partial charge >= 0.3 is 0 Å². The van der Waals surface area contributed by atoms with Crippen LogP contribution in [-0.4, -0.2) is 24.1 Å². The summed E-state index contributed by atoms with van der Waals surface area (Å²) in [4.78, 5) is 8.08. The van der Waals surface area contributed by atoms with Gasteiger partial charge in [0.2, 0.25) is 5.75 Å². The highest BCUT2D eigenvalue weighted by Gasteiger charge is 2.11. The number of methoxy groups -OCH3 is 1. The minimum absolute atomic E-state index is 0.0658. The van der Waals surface area contributed by atoms with E-state index in [-0.39, 0.29) is 5.02 Å². The van der Waals surface area contributed by atoms with E-state index in [0.717, 1.165) is 0 Å². The van der Waals surface area contributed by atoms with E-state index in [0.29, 0.717) is 23.1 Å². The number of aromatic nitrogens is 2. The molecule has 0 aliphatic rings. The number of rotatable bonds is 4. The molecular formula is C12H12ClFN4O. The minimum Gasteiger partial charge on any atom is -0.490 e. The van der Waals surface area contributed by atoms with Crippen LogP contribution in [0.15, 0.2) is 24.5 Å². The van der Waals surface area contributed by atoms with Crippen LogP contribution in [0, 0.1) is 5.82 Å². The molecule has 0 aliphatic heterocycles. The van der Waals surface area contributed by atoms with Crippen molar-refractivity contribution in [1.29, 1.82) is 0 Å². The monoisotopic (exact) mass is 282 g/mol. The number of ether oxygens (including phenoxy) is 1. The molecule has 0 atom stereocenters. The Hall–Kier alpha value is -2.08. The molecule has 2 aromatic rings. The lowest BCUT2D eigenvalue weighted by atomic mass is 10.3. The third kappa shape index (κ3) is 2.85. The molecule has 0 fully saturated rings. The number of nitrogens with one attached hydrogen (secondary N) is 2. The first kappa shape index (κ1) is 13.4. The third-order valence-electron chi connectivity index (χ3n) is 2.43. The average Bonchev–Trinajstić information content (AvgIpc) is 2.42. The van der Waals surface area contributed by atoms with Crippen LogP contribution in [0.25, 0.3) is 0 Å². The van der Waals surface area contributed by atoms with Crippen molar-refractivity contribution in [3.05, 3.63) is 35.4 Å². The number of hydrogen-bond acceptors (Lipinski definition) is 5. The Morgan fingerprint density at radius 1 is 1.26 bits per heavy atom. The SMILES string of the molecule is CNc1ncnc(Nc2ccc(Cl)c(F)c2)c1OC. The van der Waals surface area contributed by atoms with Gasteiger partial charge in [0.1, 0.15) is 12.1 Å². The van der Waals surface area contributed by atoms with Crippen LogP contribution < -0.4 is 15.4 Å². The van der Waals surface area contributed by atoms with Crippen LogP contribution in [0.4, 0.5) is 21.7 Å². The van der Waals surface area contributed by atoms with Gasteiger partial charge in [-0.05, 0) is 18.2 Å². The van der Waals surface area contributed by atoms with Crippen molar-refractivity contribution >= 4 is 28.9 Å². The summed E-state index contributed by atoms with van der Waals surface area (Å²) in [5.74, 6) is 0.909. The largest absolute Gasteiger partial charge is 0.490 e. The van der Waals surface area contributed by atoms with Gasteiger partial charge in [0.15, 0.2) is 11.6 Å². The lowest BCUT2D eigenvalue weighted by molar-refractivity contribution is 0.415. The topological polar surface area (TPSA) is 59.1 Å². The molecule has 0 amide bonds. The van der Waals surface area contributed by atoms with E-state index in [1.807, 2.05) is 0 Å². The van der Waals surface area contributed by atoms with Crippen molar-refractivity contribution in [3.63, 3.8) is 0 Å². The maximum atomic E-state index is 13.4. The van der Waals surface area contributed by atoms with Gasteiger partial charge < -0.3 is 15.4 Å². The summed E-state index contributed by atoms with van der Waals surface area (Å²) in [5.41, 5.74) is 0.515.